The molecule has 0 spiro atoms. The molecule has 0 saturated heterocycles. The van der Waals surface area contributed by atoms with Crippen LogP contribution in [0.5, 0.6) is 6.01 Å². The molecule has 7 heteroatoms. The Morgan fingerprint density at radius 3 is 2.78 bits per heavy atom. The third kappa shape index (κ3) is 4.15. The summed E-state index contributed by atoms with van der Waals surface area (Å²) in [4.78, 5) is 32.8. The number of nitrogens with one attached hydrogen (secondary N) is 1. The van der Waals surface area contributed by atoms with Crippen LogP contribution in [0.4, 0.5) is 5.82 Å². The average Bonchev–Trinajstić information content (AvgIpc) is 2.48. The fourth-order valence-electron chi connectivity index (χ4n) is 2.13. The zero-order valence-electron chi connectivity index (χ0n) is 13.7. The number of methoxy groups -OCH3 is 1. The van der Waals surface area contributed by atoms with Crippen molar-refractivity contribution in [3.63, 3.8) is 0 Å². The van der Waals surface area contributed by atoms with Gasteiger partial charge in [-0.15, -0.1) is 0 Å². The molecule has 0 saturated carbocycles. The van der Waals surface area contributed by atoms with Crippen LogP contribution >= 0.6 is 0 Å². The smallest absolute Gasteiger partial charge is 0.318 e. The lowest BCUT2D eigenvalue weighted by Gasteiger charge is -2.10. The van der Waals surface area contributed by atoms with Crippen LogP contribution in [-0.2, 0) is 6.54 Å². The molecule has 0 unspecified atom stereocenters. The van der Waals surface area contributed by atoms with Gasteiger partial charge in [0.05, 0.1) is 7.11 Å². The highest BCUT2D eigenvalue weighted by Crippen LogP contribution is 2.11. The Kier molecular flexibility index (Phi) is 5.10. The maximum atomic E-state index is 12.4. The summed E-state index contributed by atoms with van der Waals surface area (Å²) in [6, 6.07) is 4.95. The normalized spacial score (nSPS) is 10.7. The summed E-state index contributed by atoms with van der Waals surface area (Å²) < 4.78 is 6.50. The van der Waals surface area contributed by atoms with E-state index in [1.165, 1.54) is 17.7 Å². The minimum Gasteiger partial charge on any atom is -0.467 e. The van der Waals surface area contributed by atoms with Gasteiger partial charge in [-0.2, -0.15) is 4.98 Å². The number of aryl methyl sites for hydroxylation is 1. The van der Waals surface area contributed by atoms with Crippen molar-refractivity contribution < 1.29 is 9.53 Å². The number of aromatic nitrogens is 3. The van der Waals surface area contributed by atoms with E-state index in [0.29, 0.717) is 18.2 Å². The van der Waals surface area contributed by atoms with Crippen LogP contribution in [0.2, 0.25) is 0 Å². The summed E-state index contributed by atoms with van der Waals surface area (Å²) >= 11 is 0. The molecule has 2 rings (SSSR count). The molecular formula is C16H20N4O3. The standard InChI is InChI=1S/C16H20N4O3/c1-10(2)9-20-7-5-6-12(15(20)22)14(21)18-13-8-11(3)17-16(19-13)23-4/h5-8,10H,9H2,1-4H3,(H,17,18,19,21). The van der Waals surface area contributed by atoms with Crippen molar-refractivity contribution in [2.24, 2.45) is 5.92 Å². The van der Waals surface area contributed by atoms with Crippen LogP contribution in [-0.4, -0.2) is 27.6 Å². The van der Waals surface area contributed by atoms with E-state index >= 15 is 0 Å². The van der Waals surface area contributed by atoms with E-state index in [-0.39, 0.29) is 23.0 Å². The van der Waals surface area contributed by atoms with Gasteiger partial charge in [-0.25, -0.2) is 4.98 Å². The van der Waals surface area contributed by atoms with E-state index in [1.54, 1.807) is 25.3 Å². The second-order valence-corrected chi connectivity index (χ2v) is 5.61. The molecule has 1 N–H and O–H groups in total. The number of pyridine rings is 1. The zero-order valence-corrected chi connectivity index (χ0v) is 13.7. The van der Waals surface area contributed by atoms with Gasteiger partial charge in [-0.05, 0) is 25.0 Å². The highest BCUT2D eigenvalue weighted by molar-refractivity contribution is 6.03. The molecule has 122 valence electrons. The molecule has 1 amide bonds. The third-order valence-electron chi connectivity index (χ3n) is 3.08. The predicted molar refractivity (Wildman–Crippen MR) is 86.8 cm³/mol. The van der Waals surface area contributed by atoms with Crippen molar-refractivity contribution in [1.82, 2.24) is 14.5 Å². The van der Waals surface area contributed by atoms with E-state index in [4.69, 9.17) is 4.74 Å². The largest absolute Gasteiger partial charge is 0.467 e. The SMILES string of the molecule is COc1nc(C)cc(NC(=O)c2cccn(CC(C)C)c2=O)n1. The van der Waals surface area contributed by atoms with Crippen molar-refractivity contribution >= 4 is 11.7 Å². The van der Waals surface area contributed by atoms with Crippen LogP contribution < -0.4 is 15.6 Å². The minimum atomic E-state index is -0.506. The number of rotatable bonds is 5. The summed E-state index contributed by atoms with van der Waals surface area (Å²) in [7, 11) is 1.45. The maximum Gasteiger partial charge on any atom is 0.318 e. The number of amides is 1. The molecule has 2 aromatic rings. The minimum absolute atomic E-state index is 0.0726. The lowest BCUT2D eigenvalue weighted by molar-refractivity contribution is 0.102. The van der Waals surface area contributed by atoms with E-state index in [0.717, 1.165) is 0 Å². The second-order valence-electron chi connectivity index (χ2n) is 5.61. The second kappa shape index (κ2) is 7.04. The molecule has 0 bridgehead atoms. The molecule has 7 nitrogen and oxygen atoms in total. The number of hydrogen-bond donors (Lipinski definition) is 1. The Labute approximate surface area is 134 Å². The van der Waals surface area contributed by atoms with E-state index in [1.807, 2.05) is 13.8 Å². The molecule has 0 aliphatic rings. The molecule has 0 aliphatic carbocycles. The zero-order chi connectivity index (χ0) is 17.0. The summed E-state index contributed by atoms with van der Waals surface area (Å²) in [6.07, 6.45) is 1.68. The first-order chi connectivity index (χ1) is 10.9. The highest BCUT2D eigenvalue weighted by Gasteiger charge is 2.14. The van der Waals surface area contributed by atoms with E-state index in [2.05, 4.69) is 15.3 Å². The average molecular weight is 316 g/mol. The van der Waals surface area contributed by atoms with Gasteiger partial charge in [0.25, 0.3) is 11.5 Å². The fourth-order valence-corrected chi connectivity index (χ4v) is 2.13. The molecule has 0 atom stereocenters. The van der Waals surface area contributed by atoms with Crippen LogP contribution in [0.3, 0.4) is 0 Å². The number of hydrogen-bond acceptors (Lipinski definition) is 5. The lowest BCUT2D eigenvalue weighted by atomic mass is 10.2. The Morgan fingerprint density at radius 1 is 1.39 bits per heavy atom. The number of nitrogens with zero attached hydrogens (tertiary/aromatic N) is 3. The van der Waals surface area contributed by atoms with Crippen molar-refractivity contribution in [3.8, 4) is 6.01 Å². The summed E-state index contributed by atoms with van der Waals surface area (Å²) in [5, 5.41) is 2.61. The van der Waals surface area contributed by atoms with Gasteiger partial charge in [-0.1, -0.05) is 13.8 Å². The number of ether oxygens (including phenoxy) is 1. The van der Waals surface area contributed by atoms with Crippen LogP contribution in [0.15, 0.2) is 29.2 Å². The van der Waals surface area contributed by atoms with Gasteiger partial charge in [-0.3, -0.25) is 9.59 Å². The Morgan fingerprint density at radius 2 is 2.13 bits per heavy atom. The van der Waals surface area contributed by atoms with E-state index < -0.39 is 5.91 Å². The van der Waals surface area contributed by atoms with Crippen molar-refractivity contribution in [2.75, 3.05) is 12.4 Å². The van der Waals surface area contributed by atoms with Gasteiger partial charge in [0.15, 0.2) is 0 Å². The molecule has 0 radical (unpaired) electrons. The van der Waals surface area contributed by atoms with Gasteiger partial charge in [0, 0.05) is 24.5 Å². The van der Waals surface area contributed by atoms with Gasteiger partial charge < -0.3 is 14.6 Å². The fraction of sp³-hybridized carbons (Fsp3) is 0.375. The summed E-state index contributed by atoms with van der Waals surface area (Å²) in [6.45, 7) is 6.34. The van der Waals surface area contributed by atoms with Gasteiger partial charge in [0.1, 0.15) is 11.4 Å². The number of carbonyl (C=O) groups is 1. The summed E-state index contributed by atoms with van der Waals surface area (Å²) in [5.41, 5.74) is 0.400. The maximum absolute atomic E-state index is 12.4. The summed E-state index contributed by atoms with van der Waals surface area (Å²) in [5.74, 6) is 0.0889. The topological polar surface area (TPSA) is 86.1 Å². The van der Waals surface area contributed by atoms with Gasteiger partial charge >= 0.3 is 6.01 Å². The monoisotopic (exact) mass is 316 g/mol. The van der Waals surface area contributed by atoms with Gasteiger partial charge in [0.2, 0.25) is 0 Å². The third-order valence-corrected chi connectivity index (χ3v) is 3.08. The molecule has 2 aromatic heterocycles. The quantitative estimate of drug-likeness (QED) is 0.910. The van der Waals surface area contributed by atoms with E-state index in [9.17, 15) is 9.59 Å². The van der Waals surface area contributed by atoms with Crippen LogP contribution in [0, 0.1) is 12.8 Å². The van der Waals surface area contributed by atoms with Crippen molar-refractivity contribution in [2.45, 2.75) is 27.3 Å². The molecule has 0 aliphatic heterocycles. The molecule has 23 heavy (non-hydrogen) atoms. The highest BCUT2D eigenvalue weighted by atomic mass is 16.5. The first kappa shape index (κ1) is 16.7. The molecule has 2 heterocycles. The molecule has 0 fully saturated rings. The Hall–Kier alpha value is -2.70. The lowest BCUT2D eigenvalue weighted by Crippen LogP contribution is -2.30. The molecule has 0 aromatic carbocycles. The first-order valence-electron chi connectivity index (χ1n) is 7.31. The van der Waals surface area contributed by atoms with Crippen molar-refractivity contribution in [3.05, 3.63) is 46.0 Å². The Bertz CT molecular complexity index is 768. The van der Waals surface area contributed by atoms with Crippen LogP contribution in [0.25, 0.3) is 0 Å². The van der Waals surface area contributed by atoms with Crippen LogP contribution in [0.1, 0.15) is 29.9 Å². The number of carbonyl (C=O) groups excluding carboxylic acids is 1. The molecular weight excluding hydrogens is 296 g/mol. The predicted octanol–water partition coefficient (Wildman–Crippen LogP) is 1.86. The first-order valence-corrected chi connectivity index (χ1v) is 7.31. The van der Waals surface area contributed by atoms with Crippen molar-refractivity contribution in [1.29, 1.82) is 0 Å². The number of anilines is 1. The Balaban J connectivity index is 2.28.